The minimum Gasteiger partial charge on any atom is -0.352 e. The second-order valence-electron chi connectivity index (χ2n) is 6.52. The molecule has 0 spiro atoms. The van der Waals surface area contributed by atoms with E-state index in [1.165, 1.54) is 16.7 Å². The van der Waals surface area contributed by atoms with E-state index in [0.717, 1.165) is 12.8 Å². The van der Waals surface area contributed by atoms with Gasteiger partial charge in [0.15, 0.2) is 0 Å². The van der Waals surface area contributed by atoms with E-state index >= 15 is 0 Å². The summed E-state index contributed by atoms with van der Waals surface area (Å²) in [5.74, 6) is 0.0580. The topological polar surface area (TPSA) is 41.1 Å². The third-order valence-electron chi connectivity index (χ3n) is 4.22. The van der Waals surface area contributed by atoms with Crippen LogP contribution in [0.25, 0.3) is 0 Å². The number of amides is 1. The average Bonchev–Trinajstić information content (AvgIpc) is 2.60. The molecule has 0 heterocycles. The molecule has 0 fully saturated rings. The molecule has 2 aromatic rings. The second kappa shape index (κ2) is 9.24. The fourth-order valence-electron chi connectivity index (χ4n) is 2.54. The second-order valence-corrected chi connectivity index (χ2v) is 6.52. The Morgan fingerprint density at radius 2 is 1.62 bits per heavy atom. The minimum absolute atomic E-state index is 0.0580. The van der Waals surface area contributed by atoms with Crippen LogP contribution in [0.5, 0.6) is 0 Å². The van der Waals surface area contributed by atoms with Gasteiger partial charge in [0, 0.05) is 12.6 Å². The Morgan fingerprint density at radius 3 is 2.29 bits per heavy atom. The van der Waals surface area contributed by atoms with Gasteiger partial charge >= 0.3 is 0 Å². The number of rotatable bonds is 8. The van der Waals surface area contributed by atoms with E-state index in [-0.39, 0.29) is 18.0 Å². The number of benzene rings is 2. The average molecular weight is 324 g/mol. The monoisotopic (exact) mass is 324 g/mol. The smallest absolute Gasteiger partial charge is 0.237 e. The molecule has 3 heteroatoms. The first-order valence-corrected chi connectivity index (χ1v) is 8.68. The van der Waals surface area contributed by atoms with Crippen molar-refractivity contribution in [2.75, 3.05) is 0 Å². The van der Waals surface area contributed by atoms with E-state index in [2.05, 4.69) is 73.0 Å². The molecule has 0 aliphatic carbocycles. The summed E-state index contributed by atoms with van der Waals surface area (Å²) in [4.78, 5) is 12.3. The van der Waals surface area contributed by atoms with E-state index in [1.807, 2.05) is 13.0 Å². The summed E-state index contributed by atoms with van der Waals surface area (Å²) >= 11 is 0. The maximum absolute atomic E-state index is 12.3. The molecule has 0 aromatic heterocycles. The highest BCUT2D eigenvalue weighted by Crippen LogP contribution is 2.06. The lowest BCUT2D eigenvalue weighted by Gasteiger charge is -2.18. The van der Waals surface area contributed by atoms with Gasteiger partial charge in [0.25, 0.3) is 0 Å². The molecule has 2 aromatic carbocycles. The molecule has 0 unspecified atom stereocenters. The zero-order chi connectivity index (χ0) is 17.4. The molecule has 2 atom stereocenters. The lowest BCUT2D eigenvalue weighted by atomic mass is 10.1. The summed E-state index contributed by atoms with van der Waals surface area (Å²) < 4.78 is 0. The van der Waals surface area contributed by atoms with Crippen LogP contribution >= 0.6 is 0 Å². The molecule has 0 aliphatic rings. The first-order valence-electron chi connectivity index (χ1n) is 8.68. The van der Waals surface area contributed by atoms with Crippen molar-refractivity contribution in [2.24, 2.45) is 0 Å². The Hall–Kier alpha value is -2.13. The highest BCUT2D eigenvalue weighted by molar-refractivity contribution is 5.81. The van der Waals surface area contributed by atoms with Crippen molar-refractivity contribution < 1.29 is 4.79 Å². The maximum Gasteiger partial charge on any atom is 0.237 e. The van der Waals surface area contributed by atoms with Crippen LogP contribution in [-0.4, -0.2) is 18.0 Å². The molecule has 1 amide bonds. The van der Waals surface area contributed by atoms with Crippen LogP contribution in [0.15, 0.2) is 54.6 Å². The third-order valence-corrected chi connectivity index (χ3v) is 4.22. The van der Waals surface area contributed by atoms with E-state index in [0.29, 0.717) is 6.54 Å². The normalized spacial score (nSPS) is 13.3. The molecule has 128 valence electrons. The number of aryl methyl sites for hydroxylation is 2. The predicted molar refractivity (Wildman–Crippen MR) is 99.8 cm³/mol. The first-order chi connectivity index (χ1) is 11.5. The van der Waals surface area contributed by atoms with Gasteiger partial charge in [0.05, 0.1) is 6.04 Å². The summed E-state index contributed by atoms with van der Waals surface area (Å²) in [5.41, 5.74) is 3.75. The highest BCUT2D eigenvalue weighted by atomic mass is 16.2. The Balaban J connectivity index is 1.71. The van der Waals surface area contributed by atoms with Crippen molar-refractivity contribution in [1.82, 2.24) is 10.6 Å². The van der Waals surface area contributed by atoms with Crippen LogP contribution < -0.4 is 10.6 Å². The van der Waals surface area contributed by atoms with Gasteiger partial charge in [-0.1, -0.05) is 60.2 Å². The van der Waals surface area contributed by atoms with E-state index in [1.54, 1.807) is 0 Å². The standard InChI is InChI=1S/C21H28N2O/c1-16-9-12-20(13-10-16)15-22-18(3)21(24)23-17(2)11-14-19-7-5-4-6-8-19/h4-10,12-13,17-18,22H,11,14-15H2,1-3H3,(H,23,24)/t17-,18-/m0/s1. The van der Waals surface area contributed by atoms with Gasteiger partial charge in [-0.3, -0.25) is 4.79 Å². The van der Waals surface area contributed by atoms with Crippen LogP contribution in [0.4, 0.5) is 0 Å². The zero-order valence-electron chi connectivity index (χ0n) is 14.9. The van der Waals surface area contributed by atoms with E-state index in [9.17, 15) is 4.79 Å². The van der Waals surface area contributed by atoms with Crippen LogP contribution in [0.1, 0.15) is 37.0 Å². The molecule has 0 saturated carbocycles. The Kier molecular flexibility index (Phi) is 7.01. The third kappa shape index (κ3) is 6.17. The van der Waals surface area contributed by atoms with Gasteiger partial charge in [-0.15, -0.1) is 0 Å². The van der Waals surface area contributed by atoms with Gasteiger partial charge in [0.2, 0.25) is 5.91 Å². The quantitative estimate of drug-likeness (QED) is 0.779. The SMILES string of the molecule is Cc1ccc(CN[C@@H](C)C(=O)N[C@@H](C)CCc2ccccc2)cc1. The summed E-state index contributed by atoms with van der Waals surface area (Å²) in [6.07, 6.45) is 1.92. The van der Waals surface area contributed by atoms with Crippen molar-refractivity contribution in [3.05, 3.63) is 71.3 Å². The Labute approximate surface area is 145 Å². The molecule has 3 nitrogen and oxygen atoms in total. The van der Waals surface area contributed by atoms with Crippen LogP contribution in [0.2, 0.25) is 0 Å². The molecule has 0 radical (unpaired) electrons. The zero-order valence-corrected chi connectivity index (χ0v) is 14.9. The van der Waals surface area contributed by atoms with Gasteiger partial charge in [0.1, 0.15) is 0 Å². The van der Waals surface area contributed by atoms with Crippen LogP contribution in [0.3, 0.4) is 0 Å². The fraction of sp³-hybridized carbons (Fsp3) is 0.381. The molecular formula is C21H28N2O. The summed E-state index contributed by atoms with van der Waals surface area (Å²) in [7, 11) is 0. The van der Waals surface area contributed by atoms with Crippen molar-refractivity contribution in [2.45, 2.75) is 52.2 Å². The van der Waals surface area contributed by atoms with Gasteiger partial charge in [-0.2, -0.15) is 0 Å². The molecule has 0 saturated heterocycles. The lowest BCUT2D eigenvalue weighted by molar-refractivity contribution is -0.123. The minimum atomic E-state index is -0.203. The van der Waals surface area contributed by atoms with Gasteiger partial charge in [-0.25, -0.2) is 0 Å². The molecule has 2 rings (SSSR count). The Morgan fingerprint density at radius 1 is 0.958 bits per heavy atom. The molecule has 24 heavy (non-hydrogen) atoms. The number of carbonyl (C=O) groups is 1. The number of hydrogen-bond acceptors (Lipinski definition) is 2. The fourth-order valence-corrected chi connectivity index (χ4v) is 2.54. The van der Waals surface area contributed by atoms with Crippen molar-refractivity contribution in [1.29, 1.82) is 0 Å². The Bertz CT molecular complexity index is 622. The van der Waals surface area contributed by atoms with E-state index < -0.39 is 0 Å². The highest BCUT2D eigenvalue weighted by Gasteiger charge is 2.14. The summed E-state index contributed by atoms with van der Waals surface area (Å²) in [6.45, 7) is 6.75. The van der Waals surface area contributed by atoms with Crippen LogP contribution in [-0.2, 0) is 17.8 Å². The summed E-state index contributed by atoms with van der Waals surface area (Å²) in [5, 5.41) is 6.38. The molecular weight excluding hydrogens is 296 g/mol. The molecule has 0 aliphatic heterocycles. The molecule has 2 N–H and O–H groups in total. The predicted octanol–water partition coefficient (Wildman–Crippen LogP) is 3.61. The van der Waals surface area contributed by atoms with Crippen molar-refractivity contribution in [3.63, 3.8) is 0 Å². The van der Waals surface area contributed by atoms with Crippen LogP contribution in [0, 0.1) is 6.92 Å². The largest absolute Gasteiger partial charge is 0.352 e. The van der Waals surface area contributed by atoms with Crippen molar-refractivity contribution in [3.8, 4) is 0 Å². The number of carbonyl (C=O) groups excluding carboxylic acids is 1. The van der Waals surface area contributed by atoms with Gasteiger partial charge < -0.3 is 10.6 Å². The van der Waals surface area contributed by atoms with E-state index in [4.69, 9.17) is 0 Å². The number of hydrogen-bond donors (Lipinski definition) is 2. The first kappa shape index (κ1) is 18.2. The maximum atomic E-state index is 12.3. The summed E-state index contributed by atoms with van der Waals surface area (Å²) in [6, 6.07) is 18.7. The van der Waals surface area contributed by atoms with Crippen molar-refractivity contribution >= 4 is 5.91 Å². The molecule has 0 bridgehead atoms. The number of nitrogens with one attached hydrogen (secondary N) is 2. The van der Waals surface area contributed by atoms with Gasteiger partial charge in [-0.05, 0) is 44.7 Å². The lowest BCUT2D eigenvalue weighted by Crippen LogP contribution is -2.45.